The van der Waals surface area contributed by atoms with Crippen LogP contribution in [0.15, 0.2) is 134 Å². The first kappa shape index (κ1) is 29.5. The summed E-state index contributed by atoms with van der Waals surface area (Å²) in [4.78, 5) is 9.60. The molecule has 10 rings (SSSR count). The van der Waals surface area contributed by atoms with Gasteiger partial charge in [0, 0.05) is 46.3 Å². The highest BCUT2D eigenvalue weighted by Crippen LogP contribution is 2.39. The van der Waals surface area contributed by atoms with Gasteiger partial charge in [0.15, 0.2) is 0 Å². The highest BCUT2D eigenvalue weighted by Gasteiger charge is 2.16. The number of hydrogen-bond acceptors (Lipinski definition) is 3. The van der Waals surface area contributed by atoms with Crippen molar-refractivity contribution >= 4 is 54.6 Å². The lowest BCUT2D eigenvalue weighted by Gasteiger charge is -2.15. The summed E-state index contributed by atoms with van der Waals surface area (Å²) in [5.74, 6) is 1.52. The molecule has 5 nitrogen and oxygen atoms in total. The maximum atomic E-state index is 6.62. The van der Waals surface area contributed by atoms with Gasteiger partial charge in [0.25, 0.3) is 0 Å². The van der Waals surface area contributed by atoms with E-state index in [1.807, 2.05) is 24.8 Å². The first-order chi connectivity index (χ1) is 24.9. The molecule has 0 saturated heterocycles. The molecule has 0 aliphatic heterocycles. The van der Waals surface area contributed by atoms with Crippen molar-refractivity contribution in [2.75, 3.05) is 0 Å². The Morgan fingerprint density at radius 1 is 0.431 bits per heavy atom. The van der Waals surface area contributed by atoms with E-state index in [0.717, 1.165) is 55.4 Å². The van der Waals surface area contributed by atoms with Gasteiger partial charge >= 0.3 is 0 Å². The van der Waals surface area contributed by atoms with Crippen molar-refractivity contribution in [3.05, 3.63) is 156 Å². The van der Waals surface area contributed by atoms with E-state index in [4.69, 9.17) is 14.7 Å². The molecule has 0 radical (unpaired) electrons. The summed E-state index contributed by atoms with van der Waals surface area (Å²) in [6, 6.07) is 39.2. The number of benzene rings is 6. The molecule has 0 N–H and O–H groups in total. The summed E-state index contributed by atoms with van der Waals surface area (Å²) < 4.78 is 11.0. The first-order valence-corrected chi connectivity index (χ1v) is 17.4. The summed E-state index contributed by atoms with van der Waals surface area (Å²) in [5.41, 5.74) is 14.2. The molecule has 51 heavy (non-hydrogen) atoms. The van der Waals surface area contributed by atoms with Gasteiger partial charge in [0.1, 0.15) is 22.8 Å². The molecule has 0 bridgehead atoms. The van der Waals surface area contributed by atoms with E-state index in [1.165, 1.54) is 55.3 Å². The predicted molar refractivity (Wildman–Crippen MR) is 210 cm³/mol. The van der Waals surface area contributed by atoms with Gasteiger partial charge in [-0.05, 0) is 138 Å². The number of fused-ring (bicyclic) bond motifs is 12. The van der Waals surface area contributed by atoms with Crippen LogP contribution in [0.3, 0.4) is 0 Å². The van der Waals surface area contributed by atoms with Gasteiger partial charge in [-0.3, -0.25) is 8.80 Å². The molecule has 0 spiro atoms. The summed E-state index contributed by atoms with van der Waals surface area (Å²) in [6.07, 6.45) is 7.84. The van der Waals surface area contributed by atoms with Crippen molar-refractivity contribution in [1.82, 2.24) is 18.8 Å². The lowest BCUT2D eigenvalue weighted by molar-refractivity contribution is 0.484. The number of hydrogen-bond donors (Lipinski definition) is 0. The molecular formula is C46H34N4O. The summed E-state index contributed by atoms with van der Waals surface area (Å²) in [6.45, 7) is 8.73. The van der Waals surface area contributed by atoms with E-state index in [9.17, 15) is 0 Å². The van der Waals surface area contributed by atoms with Crippen molar-refractivity contribution in [2.24, 2.45) is 0 Å². The molecule has 0 aliphatic rings. The third-order valence-corrected chi connectivity index (χ3v) is 10.6. The average Bonchev–Trinajstić information content (AvgIpc) is 3.83. The van der Waals surface area contributed by atoms with Gasteiger partial charge in [0.05, 0.1) is 11.0 Å². The van der Waals surface area contributed by atoms with Crippen LogP contribution < -0.4 is 4.74 Å². The number of rotatable bonds is 4. The van der Waals surface area contributed by atoms with Crippen LogP contribution >= 0.6 is 0 Å². The molecule has 10 aromatic rings. The van der Waals surface area contributed by atoms with E-state index < -0.39 is 0 Å². The standard InChI is InChI=1S/C46H34N4O/c1-27-7-5-8-28(2)43(27)31-12-18-41-38(23-31)36-17-14-34(26-40(36)45-47-19-21-49(41)45)51-33-13-16-35-37-15-11-32(44-29(3)9-6-10-30(44)4)24-42(37)50-22-20-48-46(50)39(35)25-33/h5-26H,1-4H3. The summed E-state index contributed by atoms with van der Waals surface area (Å²) >= 11 is 0. The minimum atomic E-state index is 0.760. The SMILES string of the molecule is Cc1cccc(C)c1-c1ccc2c(c1)c1ccc(Oc3ccc4c5ccc(-c6c(C)cccc6C)cc5n5ccnc5c4c3)cc1c1nccn21. The molecule has 4 heterocycles. The number of imidazole rings is 2. The van der Waals surface area contributed by atoms with Crippen LogP contribution in [-0.4, -0.2) is 18.8 Å². The number of aromatic nitrogens is 4. The monoisotopic (exact) mass is 658 g/mol. The van der Waals surface area contributed by atoms with Gasteiger partial charge in [-0.1, -0.05) is 54.6 Å². The van der Waals surface area contributed by atoms with E-state index in [0.29, 0.717) is 0 Å². The highest BCUT2D eigenvalue weighted by atomic mass is 16.5. The Morgan fingerprint density at radius 2 is 0.922 bits per heavy atom. The minimum Gasteiger partial charge on any atom is -0.457 e. The smallest absolute Gasteiger partial charge is 0.145 e. The maximum Gasteiger partial charge on any atom is 0.145 e. The second kappa shape index (κ2) is 11.0. The lowest BCUT2D eigenvalue weighted by Crippen LogP contribution is -1.94. The Labute approximate surface area is 295 Å². The molecule has 0 amide bonds. The number of ether oxygens (including phenoxy) is 1. The fraction of sp³-hybridized carbons (Fsp3) is 0.0870. The van der Waals surface area contributed by atoms with Gasteiger partial charge < -0.3 is 4.74 Å². The lowest BCUT2D eigenvalue weighted by atomic mass is 9.94. The van der Waals surface area contributed by atoms with E-state index in [2.05, 4.69) is 146 Å². The zero-order valence-corrected chi connectivity index (χ0v) is 28.9. The van der Waals surface area contributed by atoms with Crippen LogP contribution in [0.25, 0.3) is 76.9 Å². The molecule has 244 valence electrons. The van der Waals surface area contributed by atoms with Crippen LogP contribution in [0.2, 0.25) is 0 Å². The van der Waals surface area contributed by atoms with E-state index >= 15 is 0 Å². The Morgan fingerprint density at radius 3 is 1.51 bits per heavy atom. The third-order valence-electron chi connectivity index (χ3n) is 10.6. The van der Waals surface area contributed by atoms with Gasteiger partial charge in [-0.25, -0.2) is 9.97 Å². The van der Waals surface area contributed by atoms with Crippen molar-refractivity contribution in [2.45, 2.75) is 27.7 Å². The van der Waals surface area contributed by atoms with Crippen LogP contribution in [0.1, 0.15) is 22.3 Å². The van der Waals surface area contributed by atoms with Crippen molar-refractivity contribution in [1.29, 1.82) is 0 Å². The molecule has 4 aromatic heterocycles. The summed E-state index contributed by atoms with van der Waals surface area (Å²) in [5, 5.41) is 6.75. The van der Waals surface area contributed by atoms with Gasteiger partial charge in [-0.15, -0.1) is 0 Å². The minimum absolute atomic E-state index is 0.760. The van der Waals surface area contributed by atoms with Crippen molar-refractivity contribution < 1.29 is 4.74 Å². The first-order valence-electron chi connectivity index (χ1n) is 17.4. The largest absolute Gasteiger partial charge is 0.457 e. The van der Waals surface area contributed by atoms with Gasteiger partial charge in [-0.2, -0.15) is 0 Å². The zero-order chi connectivity index (χ0) is 34.4. The Hall–Kier alpha value is -6.46. The Bertz CT molecular complexity index is 3020. The van der Waals surface area contributed by atoms with Crippen LogP contribution in [0.5, 0.6) is 11.5 Å². The number of pyridine rings is 2. The molecule has 5 heteroatoms. The summed E-state index contributed by atoms with van der Waals surface area (Å²) in [7, 11) is 0. The quantitative estimate of drug-likeness (QED) is 0.177. The van der Waals surface area contributed by atoms with Crippen LogP contribution in [0.4, 0.5) is 0 Å². The molecule has 0 fully saturated rings. The number of aryl methyl sites for hydroxylation is 4. The Kier molecular flexibility index (Phi) is 6.37. The van der Waals surface area contributed by atoms with Crippen molar-refractivity contribution in [3.63, 3.8) is 0 Å². The third kappa shape index (κ3) is 4.48. The topological polar surface area (TPSA) is 43.8 Å². The van der Waals surface area contributed by atoms with Crippen molar-refractivity contribution in [3.8, 4) is 33.8 Å². The second-order valence-electron chi connectivity index (χ2n) is 13.8. The molecular weight excluding hydrogens is 625 g/mol. The molecule has 0 saturated carbocycles. The fourth-order valence-corrected chi connectivity index (χ4v) is 8.31. The molecule has 6 aromatic carbocycles. The van der Waals surface area contributed by atoms with Gasteiger partial charge in [0.2, 0.25) is 0 Å². The molecule has 0 aliphatic carbocycles. The molecule has 0 atom stereocenters. The van der Waals surface area contributed by atoms with E-state index in [1.54, 1.807) is 0 Å². The normalized spacial score (nSPS) is 11.9. The molecule has 0 unspecified atom stereocenters. The van der Waals surface area contributed by atoms with Crippen LogP contribution in [0, 0.1) is 27.7 Å². The zero-order valence-electron chi connectivity index (χ0n) is 28.9. The predicted octanol–water partition coefficient (Wildman–Crippen LogP) is 12.0. The fourth-order valence-electron chi connectivity index (χ4n) is 8.31. The number of nitrogens with zero attached hydrogens (tertiary/aromatic N) is 4. The van der Waals surface area contributed by atoms with Crippen LogP contribution in [-0.2, 0) is 0 Å². The maximum absolute atomic E-state index is 6.62. The second-order valence-corrected chi connectivity index (χ2v) is 13.8. The van der Waals surface area contributed by atoms with E-state index in [-0.39, 0.29) is 0 Å². The highest BCUT2D eigenvalue weighted by molar-refractivity contribution is 6.14. The Balaban J connectivity index is 1.09. The average molecular weight is 659 g/mol.